The molecule has 132 valence electrons. The molecule has 2 aliphatic rings. The second-order valence-electron chi connectivity index (χ2n) is 5.88. The maximum atomic E-state index is 13.2. The summed E-state index contributed by atoms with van der Waals surface area (Å²) in [5.41, 5.74) is 1.49. The Kier molecular flexibility index (Phi) is 4.04. The Labute approximate surface area is 146 Å². The number of thiazole rings is 1. The Balaban J connectivity index is 1.46. The first kappa shape index (κ1) is 16.2. The van der Waals surface area contributed by atoms with Gasteiger partial charge in [-0.1, -0.05) is 0 Å². The maximum absolute atomic E-state index is 13.2. The standard InChI is InChI=1S/C16H15F2N3O3S/c17-16(18)6-10(19-8-16)14(22)21-15-20-11(7-25-15)9-1-2-12-13(5-9)24-4-3-23-12/h1-2,5,7,10,19H,3-4,6,8H2,(H,20,21,22). The van der Waals surface area contributed by atoms with Crippen molar-refractivity contribution in [1.29, 1.82) is 0 Å². The van der Waals surface area contributed by atoms with Gasteiger partial charge < -0.3 is 14.8 Å². The topological polar surface area (TPSA) is 72.5 Å². The molecule has 0 spiro atoms. The maximum Gasteiger partial charge on any atom is 0.262 e. The summed E-state index contributed by atoms with van der Waals surface area (Å²) in [5.74, 6) is -2.01. The van der Waals surface area contributed by atoms with Gasteiger partial charge in [0, 0.05) is 17.4 Å². The lowest BCUT2D eigenvalue weighted by atomic mass is 10.1. The van der Waals surface area contributed by atoms with E-state index in [4.69, 9.17) is 9.47 Å². The highest BCUT2D eigenvalue weighted by atomic mass is 32.1. The molecular weight excluding hydrogens is 352 g/mol. The molecular formula is C16H15F2N3O3S. The van der Waals surface area contributed by atoms with Crippen LogP contribution >= 0.6 is 11.3 Å². The van der Waals surface area contributed by atoms with E-state index in [1.807, 2.05) is 18.2 Å². The summed E-state index contributed by atoms with van der Waals surface area (Å²) in [4.78, 5) is 16.4. The van der Waals surface area contributed by atoms with Crippen molar-refractivity contribution >= 4 is 22.4 Å². The van der Waals surface area contributed by atoms with E-state index >= 15 is 0 Å². The molecule has 9 heteroatoms. The van der Waals surface area contributed by atoms with Crippen molar-refractivity contribution in [1.82, 2.24) is 10.3 Å². The smallest absolute Gasteiger partial charge is 0.262 e. The molecule has 1 saturated heterocycles. The average Bonchev–Trinajstić information content (AvgIpc) is 3.20. The predicted octanol–water partition coefficient (Wildman–Crippen LogP) is 2.52. The minimum atomic E-state index is -2.85. The van der Waals surface area contributed by atoms with Crippen molar-refractivity contribution in [3.63, 3.8) is 0 Å². The Morgan fingerprint density at radius 2 is 2.12 bits per heavy atom. The molecule has 2 aromatic rings. The summed E-state index contributed by atoms with van der Waals surface area (Å²) in [6.07, 6.45) is -0.501. The SMILES string of the molecule is O=C(Nc1nc(-c2ccc3c(c2)OCCO3)cs1)C1CC(F)(F)CN1. The molecule has 1 fully saturated rings. The van der Waals surface area contributed by atoms with Crippen LogP contribution in [0.5, 0.6) is 11.5 Å². The number of rotatable bonds is 3. The highest BCUT2D eigenvalue weighted by Crippen LogP contribution is 2.35. The van der Waals surface area contributed by atoms with Crippen LogP contribution in [0.4, 0.5) is 13.9 Å². The van der Waals surface area contributed by atoms with Crippen molar-refractivity contribution in [3.05, 3.63) is 23.6 Å². The number of aromatic nitrogens is 1. The van der Waals surface area contributed by atoms with E-state index in [2.05, 4.69) is 15.6 Å². The number of hydrogen-bond acceptors (Lipinski definition) is 6. The number of ether oxygens (including phenoxy) is 2. The minimum absolute atomic E-state index is 0.368. The second-order valence-corrected chi connectivity index (χ2v) is 6.74. The molecule has 1 aromatic heterocycles. The number of benzene rings is 1. The molecule has 0 aliphatic carbocycles. The number of carbonyl (C=O) groups excluding carboxylic acids is 1. The van der Waals surface area contributed by atoms with E-state index in [-0.39, 0.29) is 0 Å². The number of hydrogen-bond donors (Lipinski definition) is 2. The summed E-state index contributed by atoms with van der Waals surface area (Å²) in [7, 11) is 0. The van der Waals surface area contributed by atoms with Gasteiger partial charge in [-0.2, -0.15) is 0 Å². The molecule has 1 unspecified atom stereocenters. The van der Waals surface area contributed by atoms with Crippen molar-refractivity contribution in [3.8, 4) is 22.8 Å². The molecule has 0 bridgehead atoms. The Morgan fingerprint density at radius 3 is 2.88 bits per heavy atom. The van der Waals surface area contributed by atoms with Crippen LogP contribution in [0.3, 0.4) is 0 Å². The fraction of sp³-hybridized carbons (Fsp3) is 0.375. The fourth-order valence-electron chi connectivity index (χ4n) is 2.76. The van der Waals surface area contributed by atoms with Gasteiger partial charge in [0.25, 0.3) is 5.92 Å². The summed E-state index contributed by atoms with van der Waals surface area (Å²) in [6, 6.07) is 4.59. The molecule has 0 radical (unpaired) electrons. The average molecular weight is 367 g/mol. The molecule has 0 saturated carbocycles. The van der Waals surface area contributed by atoms with Gasteiger partial charge in [-0.25, -0.2) is 13.8 Å². The van der Waals surface area contributed by atoms with Gasteiger partial charge in [-0.15, -0.1) is 11.3 Å². The van der Waals surface area contributed by atoms with Crippen molar-refractivity contribution in [2.75, 3.05) is 25.1 Å². The van der Waals surface area contributed by atoms with Crippen LogP contribution < -0.4 is 20.1 Å². The molecule has 2 aliphatic heterocycles. The van der Waals surface area contributed by atoms with Gasteiger partial charge in [0.15, 0.2) is 16.6 Å². The molecule has 1 atom stereocenters. The number of fused-ring (bicyclic) bond motifs is 1. The molecule has 25 heavy (non-hydrogen) atoms. The van der Waals surface area contributed by atoms with Crippen LogP contribution in [0.15, 0.2) is 23.6 Å². The molecule has 6 nitrogen and oxygen atoms in total. The number of anilines is 1. The van der Waals surface area contributed by atoms with Crippen molar-refractivity contribution in [2.45, 2.75) is 18.4 Å². The summed E-state index contributed by atoms with van der Waals surface area (Å²) in [5, 5.41) is 7.27. The number of nitrogens with one attached hydrogen (secondary N) is 2. The zero-order valence-corrected chi connectivity index (χ0v) is 13.9. The second kappa shape index (κ2) is 6.23. The molecule has 2 N–H and O–H groups in total. The zero-order valence-electron chi connectivity index (χ0n) is 13.1. The van der Waals surface area contributed by atoms with Crippen LogP contribution in [0.2, 0.25) is 0 Å². The van der Waals surface area contributed by atoms with Crippen LogP contribution in [0, 0.1) is 0 Å². The van der Waals surface area contributed by atoms with Crippen molar-refractivity contribution < 1.29 is 23.0 Å². The van der Waals surface area contributed by atoms with Crippen LogP contribution in [-0.2, 0) is 4.79 Å². The van der Waals surface area contributed by atoms with Gasteiger partial charge in [0.2, 0.25) is 5.91 Å². The third kappa shape index (κ3) is 3.42. The van der Waals surface area contributed by atoms with Gasteiger partial charge in [0.05, 0.1) is 18.3 Å². The first-order chi connectivity index (χ1) is 12.0. The minimum Gasteiger partial charge on any atom is -0.486 e. The normalized spacial score (nSPS) is 21.1. The molecule has 1 aromatic carbocycles. The van der Waals surface area contributed by atoms with Gasteiger partial charge in [0.1, 0.15) is 13.2 Å². The van der Waals surface area contributed by atoms with Crippen LogP contribution in [0.25, 0.3) is 11.3 Å². The number of carbonyl (C=O) groups is 1. The third-order valence-electron chi connectivity index (χ3n) is 4.00. The van der Waals surface area contributed by atoms with E-state index in [1.165, 1.54) is 11.3 Å². The Morgan fingerprint density at radius 1 is 1.32 bits per heavy atom. The third-order valence-corrected chi connectivity index (χ3v) is 4.76. The molecule has 1 amide bonds. The first-order valence-corrected chi connectivity index (χ1v) is 8.66. The van der Waals surface area contributed by atoms with Gasteiger partial charge in [-0.3, -0.25) is 10.1 Å². The van der Waals surface area contributed by atoms with E-state index < -0.39 is 30.8 Å². The first-order valence-electron chi connectivity index (χ1n) is 7.78. The number of halogens is 2. The van der Waals surface area contributed by atoms with E-state index in [0.717, 1.165) is 5.56 Å². The summed E-state index contributed by atoms with van der Waals surface area (Å²) in [6.45, 7) is 0.534. The van der Waals surface area contributed by atoms with E-state index in [0.29, 0.717) is 35.5 Å². The van der Waals surface area contributed by atoms with E-state index in [1.54, 1.807) is 5.38 Å². The molecule has 3 heterocycles. The Hall–Kier alpha value is -2.26. The lowest BCUT2D eigenvalue weighted by Gasteiger charge is -2.18. The van der Waals surface area contributed by atoms with Gasteiger partial charge >= 0.3 is 0 Å². The largest absolute Gasteiger partial charge is 0.486 e. The van der Waals surface area contributed by atoms with E-state index in [9.17, 15) is 13.6 Å². The summed E-state index contributed by atoms with van der Waals surface area (Å²) < 4.78 is 37.4. The highest BCUT2D eigenvalue weighted by Gasteiger charge is 2.42. The fourth-order valence-corrected chi connectivity index (χ4v) is 3.48. The highest BCUT2D eigenvalue weighted by molar-refractivity contribution is 7.14. The van der Waals surface area contributed by atoms with Gasteiger partial charge in [-0.05, 0) is 18.2 Å². The summed E-state index contributed by atoms with van der Waals surface area (Å²) >= 11 is 1.24. The predicted molar refractivity (Wildman–Crippen MR) is 88.5 cm³/mol. The van der Waals surface area contributed by atoms with Crippen molar-refractivity contribution in [2.24, 2.45) is 0 Å². The number of amides is 1. The number of alkyl halides is 2. The zero-order chi connectivity index (χ0) is 17.4. The van der Waals surface area contributed by atoms with Crippen LogP contribution in [0.1, 0.15) is 6.42 Å². The lowest BCUT2D eigenvalue weighted by molar-refractivity contribution is -0.118. The quantitative estimate of drug-likeness (QED) is 0.872. The number of nitrogens with zero attached hydrogens (tertiary/aromatic N) is 1. The lowest BCUT2D eigenvalue weighted by Crippen LogP contribution is -2.35. The van der Waals surface area contributed by atoms with Crippen LogP contribution in [-0.4, -0.2) is 42.6 Å². The Bertz CT molecular complexity index is 812. The molecule has 4 rings (SSSR count). The monoisotopic (exact) mass is 367 g/mol.